The molecule has 5 nitrogen and oxygen atoms in total. The van der Waals surface area contributed by atoms with Gasteiger partial charge in [-0.3, -0.25) is 9.59 Å². The van der Waals surface area contributed by atoms with E-state index in [1.165, 1.54) is 0 Å². The zero-order valence-electron chi connectivity index (χ0n) is 15.3. The van der Waals surface area contributed by atoms with Crippen molar-refractivity contribution in [3.05, 3.63) is 95.6 Å². The van der Waals surface area contributed by atoms with E-state index in [1.807, 2.05) is 54.6 Å². The molecule has 0 heterocycles. The molecule has 1 amide bonds. The van der Waals surface area contributed by atoms with E-state index >= 15 is 0 Å². The first kappa shape index (κ1) is 19.2. The van der Waals surface area contributed by atoms with Crippen LogP contribution in [0.3, 0.4) is 0 Å². The smallest absolute Gasteiger partial charge is 0.258 e. The average molecular weight is 375 g/mol. The van der Waals surface area contributed by atoms with Gasteiger partial charge >= 0.3 is 0 Å². The van der Waals surface area contributed by atoms with E-state index in [0.717, 1.165) is 16.9 Å². The van der Waals surface area contributed by atoms with Crippen LogP contribution < -0.4 is 14.8 Å². The number of para-hydroxylation sites is 2. The summed E-state index contributed by atoms with van der Waals surface area (Å²) in [5.41, 5.74) is 2.45. The van der Waals surface area contributed by atoms with E-state index in [1.54, 1.807) is 24.3 Å². The van der Waals surface area contributed by atoms with Gasteiger partial charge in [-0.25, -0.2) is 0 Å². The van der Waals surface area contributed by atoms with Crippen LogP contribution in [0.25, 0.3) is 0 Å². The number of hydrogen-bond donors (Lipinski definition) is 1. The quantitative estimate of drug-likeness (QED) is 0.578. The maximum atomic E-state index is 12.0. The third kappa shape index (κ3) is 5.71. The minimum atomic E-state index is -0.253. The maximum Gasteiger partial charge on any atom is 0.258 e. The number of amides is 1. The Hall–Kier alpha value is -3.60. The Morgan fingerprint density at radius 2 is 1.50 bits per heavy atom. The lowest BCUT2D eigenvalue weighted by atomic mass is 10.1. The summed E-state index contributed by atoms with van der Waals surface area (Å²) >= 11 is 0. The number of carbonyl (C=O) groups excluding carboxylic acids is 2. The largest absolute Gasteiger partial charge is 0.489 e. The number of benzene rings is 3. The first-order valence-electron chi connectivity index (χ1n) is 8.94. The van der Waals surface area contributed by atoms with Crippen molar-refractivity contribution in [1.82, 2.24) is 5.32 Å². The van der Waals surface area contributed by atoms with Gasteiger partial charge in [0.15, 0.2) is 12.9 Å². The second-order valence-electron chi connectivity index (χ2n) is 6.14. The van der Waals surface area contributed by atoms with Crippen LogP contribution in [0.15, 0.2) is 78.9 Å². The molecule has 3 rings (SSSR count). The van der Waals surface area contributed by atoms with E-state index < -0.39 is 0 Å². The SMILES string of the molecule is O=Cc1ccccc1OCC(=O)NCc1ccc(COc2ccccc2)cc1. The molecule has 0 spiro atoms. The van der Waals surface area contributed by atoms with Crippen molar-refractivity contribution in [3.63, 3.8) is 0 Å². The van der Waals surface area contributed by atoms with E-state index in [0.29, 0.717) is 30.8 Å². The number of ether oxygens (including phenoxy) is 2. The number of rotatable bonds is 9. The Labute approximate surface area is 163 Å². The highest BCUT2D eigenvalue weighted by Crippen LogP contribution is 2.15. The second-order valence-corrected chi connectivity index (χ2v) is 6.14. The van der Waals surface area contributed by atoms with E-state index in [9.17, 15) is 9.59 Å². The summed E-state index contributed by atoms with van der Waals surface area (Å²) in [5, 5.41) is 2.80. The van der Waals surface area contributed by atoms with Crippen LogP contribution in [0.2, 0.25) is 0 Å². The highest BCUT2D eigenvalue weighted by Gasteiger charge is 2.06. The zero-order valence-corrected chi connectivity index (χ0v) is 15.3. The molecule has 1 N–H and O–H groups in total. The molecule has 3 aromatic carbocycles. The number of carbonyl (C=O) groups is 2. The predicted octanol–water partition coefficient (Wildman–Crippen LogP) is 3.77. The lowest BCUT2D eigenvalue weighted by Crippen LogP contribution is -2.28. The molecule has 0 unspecified atom stereocenters. The van der Waals surface area contributed by atoms with Crippen molar-refractivity contribution in [1.29, 1.82) is 0 Å². The molecule has 0 atom stereocenters. The van der Waals surface area contributed by atoms with Crippen LogP contribution in [0.4, 0.5) is 0 Å². The summed E-state index contributed by atoms with van der Waals surface area (Å²) in [5.74, 6) is 0.975. The third-order valence-corrected chi connectivity index (χ3v) is 4.07. The van der Waals surface area contributed by atoms with Crippen molar-refractivity contribution < 1.29 is 19.1 Å². The Kier molecular flexibility index (Phi) is 6.79. The molecule has 0 fully saturated rings. The van der Waals surface area contributed by atoms with Crippen LogP contribution in [0.5, 0.6) is 11.5 Å². The highest BCUT2D eigenvalue weighted by atomic mass is 16.5. The molecular formula is C23H21NO4. The van der Waals surface area contributed by atoms with Gasteiger partial charge < -0.3 is 14.8 Å². The Balaban J connectivity index is 1.42. The minimum Gasteiger partial charge on any atom is -0.489 e. The fourth-order valence-corrected chi connectivity index (χ4v) is 2.54. The van der Waals surface area contributed by atoms with Crippen LogP contribution >= 0.6 is 0 Å². The third-order valence-electron chi connectivity index (χ3n) is 4.07. The van der Waals surface area contributed by atoms with Gasteiger partial charge in [0.2, 0.25) is 0 Å². The van der Waals surface area contributed by atoms with Crippen LogP contribution in [0.1, 0.15) is 21.5 Å². The summed E-state index contributed by atoms with van der Waals surface area (Å²) < 4.78 is 11.1. The molecule has 28 heavy (non-hydrogen) atoms. The molecule has 0 aliphatic rings. The standard InChI is InChI=1S/C23H21NO4/c25-15-20-6-4-5-9-22(20)28-17-23(26)24-14-18-10-12-19(13-11-18)16-27-21-7-2-1-3-8-21/h1-13,15H,14,16-17H2,(H,24,26). The van der Waals surface area contributed by atoms with Crippen LogP contribution in [-0.4, -0.2) is 18.8 Å². The molecule has 0 aliphatic carbocycles. The van der Waals surface area contributed by atoms with Crippen molar-refractivity contribution in [2.45, 2.75) is 13.2 Å². The summed E-state index contributed by atoms with van der Waals surface area (Å²) in [6.07, 6.45) is 0.705. The number of nitrogens with one attached hydrogen (secondary N) is 1. The van der Waals surface area contributed by atoms with Crippen molar-refractivity contribution in [2.24, 2.45) is 0 Å². The Morgan fingerprint density at radius 3 is 2.25 bits per heavy atom. The topological polar surface area (TPSA) is 64.6 Å². The van der Waals surface area contributed by atoms with Crippen LogP contribution in [0, 0.1) is 0 Å². The minimum absolute atomic E-state index is 0.145. The van der Waals surface area contributed by atoms with Gasteiger partial charge in [0.05, 0.1) is 5.56 Å². The normalized spacial score (nSPS) is 10.1. The van der Waals surface area contributed by atoms with E-state index in [2.05, 4.69) is 5.32 Å². The first-order valence-corrected chi connectivity index (χ1v) is 8.94. The molecule has 5 heteroatoms. The van der Waals surface area contributed by atoms with Gasteiger partial charge in [0, 0.05) is 6.54 Å². The van der Waals surface area contributed by atoms with Gasteiger partial charge in [-0.2, -0.15) is 0 Å². The molecule has 0 saturated carbocycles. The summed E-state index contributed by atoms with van der Waals surface area (Å²) in [6, 6.07) is 24.3. The molecule has 0 aliphatic heterocycles. The molecule has 3 aromatic rings. The molecule has 0 saturated heterocycles. The maximum absolute atomic E-state index is 12.0. The van der Waals surface area contributed by atoms with Crippen molar-refractivity contribution in [3.8, 4) is 11.5 Å². The molecule has 0 bridgehead atoms. The van der Waals surface area contributed by atoms with E-state index in [4.69, 9.17) is 9.47 Å². The molecular weight excluding hydrogens is 354 g/mol. The lowest BCUT2D eigenvalue weighted by molar-refractivity contribution is -0.123. The second kappa shape index (κ2) is 9.92. The lowest BCUT2D eigenvalue weighted by Gasteiger charge is -2.10. The molecule has 142 valence electrons. The average Bonchev–Trinajstić information content (AvgIpc) is 2.76. The van der Waals surface area contributed by atoms with Crippen molar-refractivity contribution in [2.75, 3.05) is 6.61 Å². The fourth-order valence-electron chi connectivity index (χ4n) is 2.54. The van der Waals surface area contributed by atoms with Crippen molar-refractivity contribution >= 4 is 12.2 Å². The predicted molar refractivity (Wildman–Crippen MR) is 106 cm³/mol. The monoisotopic (exact) mass is 375 g/mol. The van der Waals surface area contributed by atoms with Crippen LogP contribution in [-0.2, 0) is 17.9 Å². The molecule has 0 radical (unpaired) electrons. The highest BCUT2D eigenvalue weighted by molar-refractivity contribution is 5.80. The Morgan fingerprint density at radius 1 is 0.821 bits per heavy atom. The zero-order chi connectivity index (χ0) is 19.6. The van der Waals surface area contributed by atoms with Gasteiger partial charge in [0.25, 0.3) is 5.91 Å². The number of aldehydes is 1. The summed E-state index contributed by atoms with van der Waals surface area (Å²) in [7, 11) is 0. The van der Waals surface area contributed by atoms with Gasteiger partial charge in [-0.1, -0.05) is 54.6 Å². The summed E-state index contributed by atoms with van der Waals surface area (Å²) in [4.78, 5) is 22.9. The first-order chi connectivity index (χ1) is 13.7. The fraction of sp³-hybridized carbons (Fsp3) is 0.130. The number of hydrogen-bond acceptors (Lipinski definition) is 4. The summed E-state index contributed by atoms with van der Waals surface area (Å²) in [6.45, 7) is 0.742. The van der Waals surface area contributed by atoms with Gasteiger partial charge in [-0.15, -0.1) is 0 Å². The van der Waals surface area contributed by atoms with E-state index in [-0.39, 0.29) is 12.5 Å². The van der Waals surface area contributed by atoms with Gasteiger partial charge in [-0.05, 0) is 35.4 Å². The van der Waals surface area contributed by atoms with Gasteiger partial charge in [0.1, 0.15) is 18.1 Å². The molecule has 0 aromatic heterocycles. The Bertz CT molecular complexity index is 907.